The molecular formula is C12H16N2O5. The van der Waals surface area contributed by atoms with Gasteiger partial charge in [0.25, 0.3) is 0 Å². The smallest absolute Gasteiger partial charge is 0.341 e. The fraction of sp³-hybridized carbons (Fsp3) is 0.333. The van der Waals surface area contributed by atoms with Crippen molar-refractivity contribution >= 4 is 17.7 Å². The van der Waals surface area contributed by atoms with E-state index in [1.807, 2.05) is 0 Å². The Hall–Kier alpha value is -2.28. The van der Waals surface area contributed by atoms with Crippen molar-refractivity contribution in [3.05, 3.63) is 24.3 Å². The Balaban J connectivity index is 2.47. The Morgan fingerprint density at radius 3 is 2.84 bits per heavy atom. The zero-order chi connectivity index (χ0) is 14.1. The van der Waals surface area contributed by atoms with Crippen molar-refractivity contribution < 1.29 is 24.2 Å². The molecule has 0 radical (unpaired) electrons. The van der Waals surface area contributed by atoms with Gasteiger partial charge in [-0.05, 0) is 12.1 Å². The van der Waals surface area contributed by atoms with Gasteiger partial charge in [-0.15, -0.1) is 0 Å². The highest BCUT2D eigenvalue weighted by molar-refractivity contribution is 5.89. The molecule has 104 valence electrons. The minimum atomic E-state index is -1.06. The SMILES string of the molecule is COCCNC(=O)Nc1cccc(OCC(=O)O)c1. The van der Waals surface area contributed by atoms with E-state index >= 15 is 0 Å². The molecule has 0 bridgehead atoms. The maximum Gasteiger partial charge on any atom is 0.341 e. The average molecular weight is 268 g/mol. The first-order valence-corrected chi connectivity index (χ1v) is 5.60. The summed E-state index contributed by atoms with van der Waals surface area (Å²) >= 11 is 0. The van der Waals surface area contributed by atoms with E-state index in [1.54, 1.807) is 31.4 Å². The van der Waals surface area contributed by atoms with Crippen molar-refractivity contribution in [1.82, 2.24) is 5.32 Å². The lowest BCUT2D eigenvalue weighted by Gasteiger charge is -2.09. The lowest BCUT2D eigenvalue weighted by Crippen LogP contribution is -2.31. The van der Waals surface area contributed by atoms with Gasteiger partial charge in [-0.1, -0.05) is 6.07 Å². The normalized spacial score (nSPS) is 9.74. The molecule has 2 amide bonds. The average Bonchev–Trinajstić information content (AvgIpc) is 2.37. The minimum Gasteiger partial charge on any atom is -0.482 e. The largest absolute Gasteiger partial charge is 0.482 e. The summed E-state index contributed by atoms with van der Waals surface area (Å²) in [4.78, 5) is 21.8. The van der Waals surface area contributed by atoms with Crippen molar-refractivity contribution in [2.75, 3.05) is 32.2 Å². The van der Waals surface area contributed by atoms with Crippen LogP contribution >= 0.6 is 0 Å². The molecule has 19 heavy (non-hydrogen) atoms. The molecule has 0 saturated carbocycles. The van der Waals surface area contributed by atoms with Crippen LogP contribution in [0.15, 0.2) is 24.3 Å². The van der Waals surface area contributed by atoms with Crippen molar-refractivity contribution in [3.63, 3.8) is 0 Å². The quantitative estimate of drug-likeness (QED) is 0.639. The number of carbonyl (C=O) groups excluding carboxylic acids is 1. The van der Waals surface area contributed by atoms with Crippen LogP contribution in [0, 0.1) is 0 Å². The molecule has 0 heterocycles. The van der Waals surface area contributed by atoms with E-state index in [2.05, 4.69) is 10.6 Å². The van der Waals surface area contributed by atoms with Gasteiger partial charge >= 0.3 is 12.0 Å². The number of benzene rings is 1. The molecule has 3 N–H and O–H groups in total. The highest BCUT2D eigenvalue weighted by Gasteiger charge is 2.03. The Labute approximate surface area is 110 Å². The lowest BCUT2D eigenvalue weighted by molar-refractivity contribution is -0.139. The van der Waals surface area contributed by atoms with Crippen LogP contribution in [-0.2, 0) is 9.53 Å². The summed E-state index contributed by atoms with van der Waals surface area (Å²) < 4.78 is 9.79. The van der Waals surface area contributed by atoms with Crippen LogP contribution in [0.25, 0.3) is 0 Å². The van der Waals surface area contributed by atoms with Gasteiger partial charge in [-0.25, -0.2) is 9.59 Å². The number of hydrogen-bond donors (Lipinski definition) is 3. The number of nitrogens with one attached hydrogen (secondary N) is 2. The van der Waals surface area contributed by atoms with E-state index in [0.717, 1.165) is 0 Å². The molecule has 1 aromatic rings. The third-order valence-electron chi connectivity index (χ3n) is 2.05. The van der Waals surface area contributed by atoms with Crippen LogP contribution in [0.4, 0.5) is 10.5 Å². The van der Waals surface area contributed by atoms with Crippen LogP contribution < -0.4 is 15.4 Å². The Morgan fingerprint density at radius 2 is 2.16 bits per heavy atom. The molecule has 0 spiro atoms. The predicted molar refractivity (Wildman–Crippen MR) is 68.5 cm³/mol. The first kappa shape index (κ1) is 14.8. The van der Waals surface area contributed by atoms with Gasteiger partial charge in [0.05, 0.1) is 6.61 Å². The lowest BCUT2D eigenvalue weighted by atomic mass is 10.3. The zero-order valence-electron chi connectivity index (χ0n) is 10.5. The van der Waals surface area contributed by atoms with Crippen molar-refractivity contribution in [2.45, 2.75) is 0 Å². The second-order valence-corrected chi connectivity index (χ2v) is 3.58. The molecule has 0 saturated heterocycles. The Morgan fingerprint density at radius 1 is 1.37 bits per heavy atom. The number of ether oxygens (including phenoxy) is 2. The van der Waals surface area contributed by atoms with E-state index in [4.69, 9.17) is 14.6 Å². The van der Waals surface area contributed by atoms with Gasteiger partial charge in [0, 0.05) is 25.4 Å². The number of methoxy groups -OCH3 is 1. The third-order valence-corrected chi connectivity index (χ3v) is 2.05. The summed E-state index contributed by atoms with van der Waals surface area (Å²) in [6.45, 7) is 0.399. The summed E-state index contributed by atoms with van der Waals surface area (Å²) in [5.74, 6) is -0.687. The van der Waals surface area contributed by atoms with Gasteiger partial charge in [-0.2, -0.15) is 0 Å². The molecule has 0 aliphatic rings. The Kier molecular flexibility index (Phi) is 6.17. The van der Waals surface area contributed by atoms with Crippen molar-refractivity contribution in [3.8, 4) is 5.75 Å². The van der Waals surface area contributed by atoms with Crippen LogP contribution in [-0.4, -0.2) is 44.0 Å². The van der Waals surface area contributed by atoms with Crippen LogP contribution in [0.5, 0.6) is 5.75 Å². The molecule has 7 heteroatoms. The van der Waals surface area contributed by atoms with E-state index in [-0.39, 0.29) is 6.03 Å². The van der Waals surface area contributed by atoms with Crippen LogP contribution in [0.3, 0.4) is 0 Å². The third kappa shape index (κ3) is 6.27. The van der Waals surface area contributed by atoms with E-state index in [9.17, 15) is 9.59 Å². The molecular weight excluding hydrogens is 252 g/mol. The molecule has 0 unspecified atom stereocenters. The molecule has 0 atom stereocenters. The number of anilines is 1. The fourth-order valence-electron chi connectivity index (χ4n) is 1.25. The first-order chi connectivity index (χ1) is 9.11. The summed E-state index contributed by atoms with van der Waals surface area (Å²) in [6, 6.07) is 6.11. The highest BCUT2D eigenvalue weighted by Crippen LogP contribution is 2.17. The second kappa shape index (κ2) is 7.93. The molecule has 1 rings (SSSR count). The van der Waals surface area contributed by atoms with Crippen LogP contribution in [0.2, 0.25) is 0 Å². The maximum atomic E-state index is 11.5. The number of carboxylic acids is 1. The van der Waals surface area contributed by atoms with Crippen molar-refractivity contribution in [1.29, 1.82) is 0 Å². The van der Waals surface area contributed by atoms with Gasteiger partial charge in [-0.3, -0.25) is 0 Å². The monoisotopic (exact) mass is 268 g/mol. The van der Waals surface area contributed by atoms with Gasteiger partial charge in [0.1, 0.15) is 5.75 Å². The fourth-order valence-corrected chi connectivity index (χ4v) is 1.25. The number of aliphatic carboxylic acids is 1. The number of rotatable bonds is 7. The number of amides is 2. The van der Waals surface area contributed by atoms with Gasteiger partial charge < -0.3 is 25.2 Å². The van der Waals surface area contributed by atoms with Crippen LogP contribution in [0.1, 0.15) is 0 Å². The van der Waals surface area contributed by atoms with E-state index in [0.29, 0.717) is 24.6 Å². The number of hydrogen-bond acceptors (Lipinski definition) is 4. The van der Waals surface area contributed by atoms with E-state index in [1.165, 1.54) is 0 Å². The van der Waals surface area contributed by atoms with Gasteiger partial charge in [0.15, 0.2) is 6.61 Å². The highest BCUT2D eigenvalue weighted by atomic mass is 16.5. The summed E-state index contributed by atoms with van der Waals surface area (Å²) in [7, 11) is 1.54. The summed E-state index contributed by atoms with van der Waals surface area (Å²) in [5.41, 5.74) is 0.512. The standard InChI is InChI=1S/C12H16N2O5/c1-18-6-5-13-12(17)14-9-3-2-4-10(7-9)19-8-11(15)16/h2-4,7H,5-6,8H2,1H3,(H,15,16)(H2,13,14,17). The molecule has 7 nitrogen and oxygen atoms in total. The van der Waals surface area contributed by atoms with Gasteiger partial charge in [0.2, 0.25) is 0 Å². The molecule has 0 aliphatic carbocycles. The molecule has 0 fully saturated rings. The number of urea groups is 1. The minimum absolute atomic E-state index is 0.368. The maximum absolute atomic E-state index is 11.5. The first-order valence-electron chi connectivity index (χ1n) is 5.60. The summed E-state index contributed by atoms with van der Waals surface area (Å²) in [6.07, 6.45) is 0. The molecule has 0 aliphatic heterocycles. The predicted octanol–water partition coefficient (Wildman–Crippen LogP) is 0.918. The molecule has 1 aromatic carbocycles. The second-order valence-electron chi connectivity index (χ2n) is 3.58. The number of carbonyl (C=O) groups is 2. The molecule has 0 aromatic heterocycles. The number of carboxylic acid groups (broad SMARTS) is 1. The zero-order valence-corrected chi connectivity index (χ0v) is 10.5. The summed E-state index contributed by atoms with van der Waals surface area (Å²) in [5, 5.41) is 13.7. The Bertz CT molecular complexity index is 436. The van der Waals surface area contributed by atoms with E-state index < -0.39 is 12.6 Å². The topological polar surface area (TPSA) is 96.9 Å². The van der Waals surface area contributed by atoms with Crippen molar-refractivity contribution in [2.24, 2.45) is 0 Å².